The van der Waals surface area contributed by atoms with Gasteiger partial charge in [-0.2, -0.15) is 5.26 Å². The third-order valence-corrected chi connectivity index (χ3v) is 2.46. The van der Waals surface area contributed by atoms with Crippen molar-refractivity contribution >= 4 is 0 Å². The maximum Gasteiger partial charge on any atom is 0.119 e. The molecule has 1 atom stereocenters. The van der Waals surface area contributed by atoms with E-state index in [0.29, 0.717) is 0 Å². The minimum Gasteiger partial charge on any atom is -0.394 e. The maximum absolute atomic E-state index is 8.70. The molecule has 3 heteroatoms. The van der Waals surface area contributed by atoms with Gasteiger partial charge < -0.3 is 5.11 Å². The summed E-state index contributed by atoms with van der Waals surface area (Å²) in [6, 6.07) is 1.63. The average Bonchev–Trinajstić information content (AvgIpc) is 2.03. The molecule has 1 rings (SSSR count). The molecule has 68 valence electrons. The van der Waals surface area contributed by atoms with Crippen LogP contribution in [0.5, 0.6) is 0 Å². The van der Waals surface area contributed by atoms with Crippen LogP contribution >= 0.6 is 0 Å². The summed E-state index contributed by atoms with van der Waals surface area (Å²) in [4.78, 5) is 0. The number of hydrogen-bond acceptors (Lipinski definition) is 3. The van der Waals surface area contributed by atoms with Gasteiger partial charge in [-0.3, -0.25) is 5.32 Å². The molecule has 0 aromatic heterocycles. The lowest BCUT2D eigenvalue weighted by Gasteiger charge is -2.33. The highest BCUT2D eigenvalue weighted by Crippen LogP contribution is 2.32. The van der Waals surface area contributed by atoms with E-state index in [1.54, 1.807) is 0 Å². The number of aliphatic hydroxyl groups is 1. The van der Waals surface area contributed by atoms with Gasteiger partial charge in [-0.1, -0.05) is 6.92 Å². The number of nitriles is 1. The van der Waals surface area contributed by atoms with Gasteiger partial charge in [0.25, 0.3) is 0 Å². The first-order valence-electron chi connectivity index (χ1n) is 4.50. The summed E-state index contributed by atoms with van der Waals surface area (Å²) >= 11 is 0. The van der Waals surface area contributed by atoms with Crippen molar-refractivity contribution in [3.05, 3.63) is 0 Å². The van der Waals surface area contributed by atoms with Crippen LogP contribution in [0.3, 0.4) is 0 Å². The Balaban J connectivity index is 2.06. The van der Waals surface area contributed by atoms with Crippen molar-refractivity contribution in [2.24, 2.45) is 11.8 Å². The van der Waals surface area contributed by atoms with Crippen molar-refractivity contribution in [3.63, 3.8) is 0 Å². The van der Waals surface area contributed by atoms with Crippen LogP contribution in [0.25, 0.3) is 0 Å². The molecule has 1 fully saturated rings. The van der Waals surface area contributed by atoms with Gasteiger partial charge in [-0.25, -0.2) is 0 Å². The average molecular weight is 168 g/mol. The van der Waals surface area contributed by atoms with E-state index in [1.807, 2.05) is 6.07 Å². The molecule has 0 heterocycles. The highest BCUT2D eigenvalue weighted by molar-refractivity contribution is 4.90. The van der Waals surface area contributed by atoms with Crippen LogP contribution < -0.4 is 5.32 Å². The van der Waals surface area contributed by atoms with E-state index >= 15 is 0 Å². The van der Waals surface area contributed by atoms with Gasteiger partial charge in [-0.05, 0) is 31.2 Å². The lowest BCUT2D eigenvalue weighted by atomic mass is 9.76. The second-order valence-corrected chi connectivity index (χ2v) is 3.72. The molecule has 0 aliphatic heterocycles. The monoisotopic (exact) mass is 168 g/mol. The van der Waals surface area contributed by atoms with Gasteiger partial charge in [0.2, 0.25) is 0 Å². The predicted molar refractivity (Wildman–Crippen MR) is 46.4 cm³/mol. The standard InChI is InChI=1S/C9H16N2O/c1-7-2-8(3-7)5-11-9(4-10)6-12/h7-9,11-12H,2-3,5-6H2,1H3. The van der Waals surface area contributed by atoms with Crippen LogP contribution in [0.2, 0.25) is 0 Å². The van der Waals surface area contributed by atoms with Gasteiger partial charge in [0.15, 0.2) is 0 Å². The zero-order valence-electron chi connectivity index (χ0n) is 7.45. The minimum atomic E-state index is -0.374. The molecular weight excluding hydrogens is 152 g/mol. The molecule has 0 bridgehead atoms. The Labute approximate surface area is 73.4 Å². The van der Waals surface area contributed by atoms with Gasteiger partial charge in [-0.15, -0.1) is 0 Å². The zero-order valence-corrected chi connectivity index (χ0v) is 7.45. The minimum absolute atomic E-state index is 0.0846. The molecule has 1 saturated carbocycles. The van der Waals surface area contributed by atoms with Crippen LogP contribution in [-0.2, 0) is 0 Å². The highest BCUT2D eigenvalue weighted by Gasteiger charge is 2.25. The molecule has 1 unspecified atom stereocenters. The molecule has 1 aliphatic rings. The fourth-order valence-electron chi connectivity index (χ4n) is 1.70. The van der Waals surface area contributed by atoms with Crippen molar-refractivity contribution in [1.29, 1.82) is 5.26 Å². The lowest BCUT2D eigenvalue weighted by Crippen LogP contribution is -2.38. The molecule has 1 aliphatic carbocycles. The second-order valence-electron chi connectivity index (χ2n) is 3.72. The Morgan fingerprint density at radius 1 is 1.67 bits per heavy atom. The van der Waals surface area contributed by atoms with Gasteiger partial charge in [0, 0.05) is 0 Å². The maximum atomic E-state index is 8.70. The summed E-state index contributed by atoms with van der Waals surface area (Å²) in [6.07, 6.45) is 2.52. The molecule has 0 amide bonds. The molecule has 0 radical (unpaired) electrons. The molecule has 0 spiro atoms. The number of nitrogens with one attached hydrogen (secondary N) is 1. The summed E-state index contributed by atoms with van der Waals surface area (Å²) in [5.41, 5.74) is 0. The van der Waals surface area contributed by atoms with E-state index in [1.165, 1.54) is 12.8 Å². The van der Waals surface area contributed by atoms with Crippen LogP contribution in [-0.4, -0.2) is 24.3 Å². The largest absolute Gasteiger partial charge is 0.394 e. The molecular formula is C9H16N2O. The fourth-order valence-corrected chi connectivity index (χ4v) is 1.70. The Bertz CT molecular complexity index is 170. The number of nitrogens with zero attached hydrogens (tertiary/aromatic N) is 1. The van der Waals surface area contributed by atoms with E-state index in [2.05, 4.69) is 12.2 Å². The van der Waals surface area contributed by atoms with Crippen molar-refractivity contribution < 1.29 is 5.11 Å². The quantitative estimate of drug-likeness (QED) is 0.643. The van der Waals surface area contributed by atoms with Crippen LogP contribution in [0.1, 0.15) is 19.8 Å². The first-order valence-corrected chi connectivity index (χ1v) is 4.50. The molecule has 0 aromatic rings. The summed E-state index contributed by atoms with van der Waals surface area (Å²) in [6.45, 7) is 3.03. The zero-order chi connectivity index (χ0) is 8.97. The van der Waals surface area contributed by atoms with Crippen LogP contribution in [0.4, 0.5) is 0 Å². The lowest BCUT2D eigenvalue weighted by molar-refractivity contribution is 0.192. The van der Waals surface area contributed by atoms with Crippen molar-refractivity contribution in [1.82, 2.24) is 5.32 Å². The molecule has 0 aromatic carbocycles. The third kappa shape index (κ3) is 2.47. The fraction of sp³-hybridized carbons (Fsp3) is 0.889. The van der Waals surface area contributed by atoms with E-state index in [0.717, 1.165) is 18.4 Å². The van der Waals surface area contributed by atoms with E-state index in [4.69, 9.17) is 10.4 Å². The Hall–Kier alpha value is -0.590. The predicted octanol–water partition coefficient (Wildman–Crippen LogP) is 0.507. The Kier molecular flexibility index (Phi) is 3.51. The van der Waals surface area contributed by atoms with Crippen LogP contribution in [0, 0.1) is 23.2 Å². The highest BCUT2D eigenvalue weighted by atomic mass is 16.3. The Morgan fingerprint density at radius 2 is 2.33 bits per heavy atom. The topological polar surface area (TPSA) is 56.0 Å². The van der Waals surface area contributed by atoms with E-state index in [9.17, 15) is 0 Å². The summed E-state index contributed by atoms with van der Waals surface area (Å²) in [5.74, 6) is 1.58. The number of rotatable bonds is 4. The van der Waals surface area contributed by atoms with Gasteiger partial charge >= 0.3 is 0 Å². The van der Waals surface area contributed by atoms with Gasteiger partial charge in [0.1, 0.15) is 6.04 Å². The Morgan fingerprint density at radius 3 is 2.75 bits per heavy atom. The van der Waals surface area contributed by atoms with E-state index in [-0.39, 0.29) is 12.6 Å². The smallest absolute Gasteiger partial charge is 0.119 e. The molecule has 3 nitrogen and oxygen atoms in total. The first kappa shape index (κ1) is 9.50. The van der Waals surface area contributed by atoms with Gasteiger partial charge in [0.05, 0.1) is 12.7 Å². The SMILES string of the molecule is CC1CC(CNC(C#N)CO)C1. The summed E-state index contributed by atoms with van der Waals surface area (Å²) in [7, 11) is 0. The van der Waals surface area contributed by atoms with Crippen molar-refractivity contribution in [3.8, 4) is 6.07 Å². The first-order chi connectivity index (χ1) is 5.76. The van der Waals surface area contributed by atoms with Crippen LogP contribution in [0.15, 0.2) is 0 Å². The molecule has 0 saturated heterocycles. The molecule has 2 N–H and O–H groups in total. The second kappa shape index (κ2) is 4.44. The summed E-state index contributed by atoms with van der Waals surface area (Å²) < 4.78 is 0. The third-order valence-electron chi connectivity index (χ3n) is 2.46. The van der Waals surface area contributed by atoms with Crippen molar-refractivity contribution in [2.45, 2.75) is 25.8 Å². The number of aliphatic hydroxyl groups excluding tert-OH is 1. The van der Waals surface area contributed by atoms with Crippen molar-refractivity contribution in [2.75, 3.05) is 13.2 Å². The number of hydrogen-bond donors (Lipinski definition) is 2. The van der Waals surface area contributed by atoms with E-state index < -0.39 is 0 Å². The normalized spacial score (nSPS) is 30.4. The molecule has 12 heavy (non-hydrogen) atoms. The summed E-state index contributed by atoms with van der Waals surface area (Å²) in [5, 5.41) is 20.2.